The first-order chi connectivity index (χ1) is 11.3. The van der Waals surface area contributed by atoms with Crippen LogP contribution in [0.25, 0.3) is 5.78 Å². The molecule has 1 amide bonds. The van der Waals surface area contributed by atoms with Crippen molar-refractivity contribution in [2.75, 3.05) is 0 Å². The minimum Gasteiger partial charge on any atom is -0.339 e. The number of nitrogens with zero attached hydrogens (tertiary/aromatic N) is 7. The van der Waals surface area contributed by atoms with Crippen molar-refractivity contribution in [2.45, 2.75) is 32.4 Å². The van der Waals surface area contributed by atoms with Crippen molar-refractivity contribution in [2.24, 2.45) is 5.92 Å². The van der Waals surface area contributed by atoms with E-state index in [2.05, 4.69) is 30.5 Å². The van der Waals surface area contributed by atoms with Crippen LogP contribution in [0.2, 0.25) is 0 Å². The maximum atomic E-state index is 12.5. The van der Waals surface area contributed by atoms with Gasteiger partial charge in [0, 0.05) is 18.9 Å². The van der Waals surface area contributed by atoms with Gasteiger partial charge in [-0.05, 0) is 31.7 Å². The largest absolute Gasteiger partial charge is 0.339 e. The summed E-state index contributed by atoms with van der Waals surface area (Å²) in [6.07, 6.45) is 6.98. The van der Waals surface area contributed by atoms with Gasteiger partial charge in [0.05, 0.1) is 6.04 Å². The highest BCUT2D eigenvalue weighted by atomic mass is 16.2. The average molecular weight is 312 g/mol. The van der Waals surface area contributed by atoms with Crippen molar-refractivity contribution in [1.29, 1.82) is 0 Å². The molecule has 0 spiro atoms. The molecule has 9 heteroatoms. The number of amides is 1. The van der Waals surface area contributed by atoms with Gasteiger partial charge >= 0.3 is 0 Å². The van der Waals surface area contributed by atoms with Crippen LogP contribution >= 0.6 is 0 Å². The lowest BCUT2D eigenvalue weighted by molar-refractivity contribution is 0.0918. The first-order valence-electron chi connectivity index (χ1n) is 7.62. The fourth-order valence-corrected chi connectivity index (χ4v) is 2.62. The first-order valence-corrected chi connectivity index (χ1v) is 7.62. The van der Waals surface area contributed by atoms with Gasteiger partial charge in [0.1, 0.15) is 12.2 Å². The molecule has 1 N–H and O–H groups in total. The van der Waals surface area contributed by atoms with E-state index >= 15 is 0 Å². The Morgan fingerprint density at radius 3 is 3.04 bits per heavy atom. The van der Waals surface area contributed by atoms with E-state index in [9.17, 15) is 4.79 Å². The molecule has 4 rings (SSSR count). The zero-order valence-corrected chi connectivity index (χ0v) is 12.6. The molecule has 0 bridgehead atoms. The molecule has 23 heavy (non-hydrogen) atoms. The third-order valence-corrected chi connectivity index (χ3v) is 3.92. The highest BCUT2D eigenvalue weighted by molar-refractivity contribution is 5.91. The van der Waals surface area contributed by atoms with E-state index in [0.717, 1.165) is 18.7 Å². The van der Waals surface area contributed by atoms with Gasteiger partial charge in [0.2, 0.25) is 5.82 Å². The molecule has 1 aliphatic carbocycles. The van der Waals surface area contributed by atoms with Crippen LogP contribution in [0.4, 0.5) is 0 Å². The molecule has 9 nitrogen and oxygen atoms in total. The molecule has 3 aromatic rings. The van der Waals surface area contributed by atoms with Crippen molar-refractivity contribution >= 4 is 11.7 Å². The van der Waals surface area contributed by atoms with Gasteiger partial charge in [-0.2, -0.15) is 10.1 Å². The van der Waals surface area contributed by atoms with E-state index in [1.54, 1.807) is 18.5 Å². The van der Waals surface area contributed by atoms with Crippen LogP contribution in [0.1, 0.15) is 42.3 Å². The minimum atomic E-state index is -0.321. The Bertz CT molecular complexity index is 816. The van der Waals surface area contributed by atoms with E-state index < -0.39 is 0 Å². The second kappa shape index (κ2) is 5.41. The number of hydrogen-bond acceptors (Lipinski definition) is 6. The normalized spacial score (nSPS) is 15.7. The quantitative estimate of drug-likeness (QED) is 0.740. The fourth-order valence-electron chi connectivity index (χ4n) is 2.62. The smallest absolute Gasteiger partial charge is 0.291 e. The third-order valence-electron chi connectivity index (χ3n) is 3.92. The lowest BCUT2D eigenvalue weighted by atomic mass is 10.1. The van der Waals surface area contributed by atoms with Crippen molar-refractivity contribution < 1.29 is 4.79 Å². The van der Waals surface area contributed by atoms with Crippen molar-refractivity contribution in [3.63, 3.8) is 0 Å². The summed E-state index contributed by atoms with van der Waals surface area (Å²) in [6.45, 7) is 2.71. The van der Waals surface area contributed by atoms with Gasteiger partial charge in [-0.15, -0.1) is 5.10 Å². The fraction of sp³-hybridized carbons (Fsp3) is 0.429. The summed E-state index contributed by atoms with van der Waals surface area (Å²) in [7, 11) is 0. The SMILES string of the molecule is CCn1ncnc1C(NC(=O)c1nc2ncccn2n1)C1CC1. The van der Waals surface area contributed by atoms with E-state index in [4.69, 9.17) is 0 Å². The van der Waals surface area contributed by atoms with Gasteiger partial charge in [-0.3, -0.25) is 4.79 Å². The summed E-state index contributed by atoms with van der Waals surface area (Å²) in [5.74, 6) is 1.36. The van der Waals surface area contributed by atoms with E-state index in [-0.39, 0.29) is 17.8 Å². The lowest BCUT2D eigenvalue weighted by Gasteiger charge is -2.17. The molecule has 3 heterocycles. The van der Waals surface area contributed by atoms with Gasteiger partial charge < -0.3 is 5.32 Å². The maximum absolute atomic E-state index is 12.5. The molecule has 3 aromatic heterocycles. The van der Waals surface area contributed by atoms with Crippen molar-refractivity contribution in [1.82, 2.24) is 39.7 Å². The van der Waals surface area contributed by atoms with Gasteiger partial charge in [-0.25, -0.2) is 19.2 Å². The Balaban J connectivity index is 1.60. The van der Waals surface area contributed by atoms with Crippen LogP contribution < -0.4 is 5.32 Å². The van der Waals surface area contributed by atoms with E-state index in [1.165, 1.54) is 10.8 Å². The molecular formula is C14H16N8O. The highest BCUT2D eigenvalue weighted by Gasteiger charge is 2.37. The molecule has 0 saturated heterocycles. The number of carbonyl (C=O) groups is 1. The number of carbonyl (C=O) groups excluding carboxylic acids is 1. The summed E-state index contributed by atoms with van der Waals surface area (Å²) in [5, 5.41) is 11.4. The molecule has 1 atom stereocenters. The predicted molar refractivity (Wildman–Crippen MR) is 79.4 cm³/mol. The highest BCUT2D eigenvalue weighted by Crippen LogP contribution is 2.40. The summed E-state index contributed by atoms with van der Waals surface area (Å²) >= 11 is 0. The van der Waals surface area contributed by atoms with Crippen LogP contribution in [0.3, 0.4) is 0 Å². The van der Waals surface area contributed by atoms with E-state index in [0.29, 0.717) is 18.2 Å². The molecule has 0 aromatic carbocycles. The van der Waals surface area contributed by atoms with Crippen LogP contribution in [-0.4, -0.2) is 40.3 Å². The number of aromatic nitrogens is 7. The molecule has 0 aliphatic heterocycles. The predicted octanol–water partition coefficient (Wildman–Crippen LogP) is 0.617. The van der Waals surface area contributed by atoms with E-state index in [1.807, 2.05) is 11.6 Å². The standard InChI is InChI=1S/C14H16N8O/c1-2-21-12(16-8-17-21)10(9-4-5-9)18-13(23)11-19-14-15-6-3-7-22(14)20-11/h3,6-10H,2,4-5H2,1H3,(H,18,23). The monoisotopic (exact) mass is 312 g/mol. The molecule has 1 saturated carbocycles. The summed E-state index contributed by atoms with van der Waals surface area (Å²) in [6, 6.07) is 1.57. The summed E-state index contributed by atoms with van der Waals surface area (Å²) in [5.41, 5.74) is 0. The van der Waals surface area contributed by atoms with Crippen LogP contribution in [0, 0.1) is 5.92 Å². The number of nitrogens with one attached hydrogen (secondary N) is 1. The summed E-state index contributed by atoms with van der Waals surface area (Å²) < 4.78 is 3.29. The lowest BCUT2D eigenvalue weighted by Crippen LogP contribution is -2.32. The zero-order valence-electron chi connectivity index (χ0n) is 12.6. The minimum absolute atomic E-state index is 0.108. The van der Waals surface area contributed by atoms with Crippen LogP contribution in [0.15, 0.2) is 24.8 Å². The number of fused-ring (bicyclic) bond motifs is 1. The second-order valence-corrected chi connectivity index (χ2v) is 5.52. The van der Waals surface area contributed by atoms with Gasteiger partial charge in [0.15, 0.2) is 0 Å². The van der Waals surface area contributed by atoms with Crippen molar-refractivity contribution in [3.05, 3.63) is 36.4 Å². The summed E-state index contributed by atoms with van der Waals surface area (Å²) in [4.78, 5) is 25.1. The van der Waals surface area contributed by atoms with Gasteiger partial charge in [0.25, 0.3) is 11.7 Å². The Hall–Kier alpha value is -2.84. The first kappa shape index (κ1) is 13.8. The Labute approximate surface area is 131 Å². The number of hydrogen-bond donors (Lipinski definition) is 1. The molecular weight excluding hydrogens is 296 g/mol. The van der Waals surface area contributed by atoms with Crippen molar-refractivity contribution in [3.8, 4) is 0 Å². The Morgan fingerprint density at radius 1 is 1.43 bits per heavy atom. The second-order valence-electron chi connectivity index (χ2n) is 5.52. The molecule has 0 radical (unpaired) electrons. The van der Waals surface area contributed by atoms with Gasteiger partial charge in [-0.1, -0.05) is 0 Å². The molecule has 1 aliphatic rings. The van der Waals surface area contributed by atoms with Crippen LogP contribution in [0.5, 0.6) is 0 Å². The molecule has 118 valence electrons. The molecule has 1 fully saturated rings. The Kier molecular flexibility index (Phi) is 3.25. The number of rotatable bonds is 5. The van der Waals surface area contributed by atoms with Crippen LogP contribution in [-0.2, 0) is 6.54 Å². The number of aryl methyl sites for hydroxylation is 1. The molecule has 1 unspecified atom stereocenters. The Morgan fingerprint density at radius 2 is 2.30 bits per heavy atom. The maximum Gasteiger partial charge on any atom is 0.291 e. The third kappa shape index (κ3) is 2.54. The zero-order chi connectivity index (χ0) is 15.8. The average Bonchev–Trinajstić information content (AvgIpc) is 3.13. The topological polar surface area (TPSA) is 103 Å².